The van der Waals surface area contributed by atoms with E-state index >= 15 is 0 Å². The molecule has 1 amide bonds. The summed E-state index contributed by atoms with van der Waals surface area (Å²) in [6.45, 7) is 13.6. The number of hydrogen-bond donors (Lipinski definition) is 0. The fraction of sp³-hybridized carbons (Fsp3) is 0.917. The number of nitrogens with zero attached hydrogens (tertiary/aromatic N) is 1. The van der Waals surface area contributed by atoms with Crippen LogP contribution in [0.1, 0.15) is 27.7 Å². The van der Waals surface area contributed by atoms with Gasteiger partial charge in [0.2, 0.25) is 0 Å². The van der Waals surface area contributed by atoms with E-state index in [1.165, 1.54) is 0 Å². The van der Waals surface area contributed by atoms with Gasteiger partial charge in [-0.2, -0.15) is 0 Å². The Morgan fingerprint density at radius 3 is 2.29 bits per heavy atom. The largest absolute Gasteiger partial charge is 0.444 e. The van der Waals surface area contributed by atoms with Gasteiger partial charge in [-0.25, -0.2) is 4.79 Å². The lowest BCUT2D eigenvalue weighted by atomic mass is 10.2. The van der Waals surface area contributed by atoms with Crippen molar-refractivity contribution in [3.05, 3.63) is 0 Å². The van der Waals surface area contributed by atoms with Crippen LogP contribution in [-0.4, -0.2) is 45.1 Å². The van der Waals surface area contributed by atoms with Crippen molar-refractivity contribution in [3.8, 4) is 0 Å². The van der Waals surface area contributed by atoms with Crippen LogP contribution >= 0.6 is 0 Å². The van der Waals surface area contributed by atoms with Gasteiger partial charge in [-0.3, -0.25) is 0 Å². The van der Waals surface area contributed by atoms with Crippen molar-refractivity contribution in [2.75, 3.05) is 13.7 Å². The Hall–Kier alpha value is -0.553. The number of rotatable bonds is 3. The second-order valence-electron chi connectivity index (χ2n) is 6.34. The van der Waals surface area contributed by atoms with E-state index in [1.54, 1.807) is 11.9 Å². The average Bonchev–Trinajstić information content (AvgIpc) is 2.37. The molecule has 0 aromatic heterocycles. The van der Waals surface area contributed by atoms with Gasteiger partial charge in [0.1, 0.15) is 6.10 Å². The highest BCUT2D eigenvalue weighted by atomic mass is 28.4. The topological polar surface area (TPSA) is 38.8 Å². The second-order valence-corrected chi connectivity index (χ2v) is 11.1. The Morgan fingerprint density at radius 2 is 1.94 bits per heavy atom. The van der Waals surface area contributed by atoms with Crippen LogP contribution in [0, 0.1) is 0 Å². The van der Waals surface area contributed by atoms with E-state index in [-0.39, 0.29) is 23.3 Å². The van der Waals surface area contributed by atoms with E-state index < -0.39 is 8.32 Å². The zero-order chi connectivity index (χ0) is 13.4. The molecule has 1 fully saturated rings. The van der Waals surface area contributed by atoms with Crippen molar-refractivity contribution in [3.63, 3.8) is 0 Å². The third-order valence-electron chi connectivity index (χ3n) is 4.04. The number of likely N-dealkylation sites (N-methyl/N-ethyl adjacent to an activating group) is 1. The van der Waals surface area contributed by atoms with Gasteiger partial charge >= 0.3 is 6.09 Å². The molecule has 0 bridgehead atoms. The highest BCUT2D eigenvalue weighted by molar-refractivity contribution is 6.74. The van der Waals surface area contributed by atoms with Crippen LogP contribution in [-0.2, 0) is 9.16 Å². The first-order valence-electron chi connectivity index (χ1n) is 6.13. The van der Waals surface area contributed by atoms with Crippen molar-refractivity contribution < 1.29 is 14.0 Å². The second kappa shape index (κ2) is 4.61. The van der Waals surface area contributed by atoms with E-state index in [2.05, 4.69) is 33.9 Å². The average molecular weight is 259 g/mol. The minimum absolute atomic E-state index is 0.0385. The number of cyclic esters (lactones) is 1. The third-order valence-corrected chi connectivity index (χ3v) is 8.54. The molecule has 17 heavy (non-hydrogen) atoms. The standard InChI is InChI=1S/C12H25NO3Si/c1-9-10(13(5)11(14)16-9)8-15-17(6,7)12(2,3)4/h9-10H,8H2,1-7H3/t9-,10-/m0/s1. The van der Waals surface area contributed by atoms with Crippen LogP contribution in [0.25, 0.3) is 0 Å². The Balaban J connectivity index is 2.60. The molecule has 0 unspecified atom stereocenters. The zero-order valence-electron chi connectivity index (χ0n) is 12.0. The minimum Gasteiger partial charge on any atom is -0.444 e. The molecule has 2 atom stereocenters. The quantitative estimate of drug-likeness (QED) is 0.732. The van der Waals surface area contributed by atoms with Crippen LogP contribution in [0.15, 0.2) is 0 Å². The molecule has 0 radical (unpaired) electrons. The number of carbonyl (C=O) groups excluding carboxylic acids is 1. The maximum atomic E-state index is 11.4. The fourth-order valence-corrected chi connectivity index (χ4v) is 2.55. The molecular weight excluding hydrogens is 234 g/mol. The minimum atomic E-state index is -1.75. The smallest absolute Gasteiger partial charge is 0.410 e. The first-order valence-corrected chi connectivity index (χ1v) is 9.04. The summed E-state index contributed by atoms with van der Waals surface area (Å²) >= 11 is 0. The Labute approximate surface area is 105 Å². The molecule has 0 N–H and O–H groups in total. The van der Waals surface area contributed by atoms with Gasteiger partial charge in [0.05, 0.1) is 12.6 Å². The zero-order valence-corrected chi connectivity index (χ0v) is 13.0. The van der Waals surface area contributed by atoms with Crippen molar-refractivity contribution in [2.24, 2.45) is 0 Å². The molecule has 0 aromatic carbocycles. The normalized spacial score (nSPS) is 26.3. The van der Waals surface area contributed by atoms with Gasteiger partial charge in [-0.05, 0) is 25.1 Å². The molecule has 1 saturated heterocycles. The predicted octanol–water partition coefficient (Wildman–Crippen LogP) is 2.85. The molecule has 0 aromatic rings. The molecule has 1 aliphatic rings. The summed E-state index contributed by atoms with van der Waals surface area (Å²) in [7, 11) is 0.0222. The van der Waals surface area contributed by atoms with Gasteiger partial charge in [0, 0.05) is 7.05 Å². The first kappa shape index (κ1) is 14.5. The van der Waals surface area contributed by atoms with Gasteiger partial charge in [-0.15, -0.1) is 0 Å². The lowest BCUT2D eigenvalue weighted by Gasteiger charge is -2.37. The van der Waals surface area contributed by atoms with E-state index in [9.17, 15) is 4.79 Å². The molecule has 1 heterocycles. The SMILES string of the molecule is C[C@@H]1OC(=O)N(C)[C@H]1CO[Si](C)(C)C(C)(C)C. The summed E-state index contributed by atoms with van der Waals surface area (Å²) in [4.78, 5) is 13.0. The summed E-state index contributed by atoms with van der Waals surface area (Å²) in [5.41, 5.74) is 0. The molecular formula is C12H25NO3Si. The number of amides is 1. The van der Waals surface area contributed by atoms with Gasteiger partial charge < -0.3 is 14.1 Å². The van der Waals surface area contributed by atoms with Crippen LogP contribution in [0.2, 0.25) is 18.1 Å². The number of hydrogen-bond acceptors (Lipinski definition) is 3. The number of carbonyl (C=O) groups is 1. The van der Waals surface area contributed by atoms with Crippen LogP contribution in [0.4, 0.5) is 4.79 Å². The third kappa shape index (κ3) is 3.01. The monoisotopic (exact) mass is 259 g/mol. The molecule has 100 valence electrons. The van der Waals surface area contributed by atoms with Crippen molar-refractivity contribution >= 4 is 14.4 Å². The van der Waals surface area contributed by atoms with E-state index in [1.807, 2.05) is 6.92 Å². The van der Waals surface area contributed by atoms with Crippen LogP contribution in [0.5, 0.6) is 0 Å². The lowest BCUT2D eigenvalue weighted by Crippen LogP contribution is -2.46. The maximum Gasteiger partial charge on any atom is 0.410 e. The summed E-state index contributed by atoms with van der Waals surface area (Å²) in [5, 5.41) is 0.193. The molecule has 0 saturated carbocycles. The molecule has 1 rings (SSSR count). The highest BCUT2D eigenvalue weighted by Crippen LogP contribution is 2.37. The molecule has 1 aliphatic heterocycles. The molecule has 5 heteroatoms. The lowest BCUT2D eigenvalue weighted by molar-refractivity contribution is 0.130. The van der Waals surface area contributed by atoms with E-state index in [4.69, 9.17) is 9.16 Å². The Bertz CT molecular complexity index is 299. The van der Waals surface area contributed by atoms with Crippen LogP contribution in [0.3, 0.4) is 0 Å². The maximum absolute atomic E-state index is 11.4. The van der Waals surface area contributed by atoms with Gasteiger partial charge in [0.25, 0.3) is 0 Å². The van der Waals surface area contributed by atoms with Gasteiger partial charge in [0.15, 0.2) is 8.32 Å². The Kier molecular flexibility index (Phi) is 3.93. The molecule has 4 nitrogen and oxygen atoms in total. The van der Waals surface area contributed by atoms with E-state index in [0.717, 1.165) is 0 Å². The summed E-state index contributed by atoms with van der Waals surface area (Å²) in [5.74, 6) is 0. The van der Waals surface area contributed by atoms with Crippen molar-refractivity contribution in [1.29, 1.82) is 0 Å². The molecule has 0 spiro atoms. The summed E-state index contributed by atoms with van der Waals surface area (Å²) in [6.07, 6.45) is -0.335. The number of ether oxygens (including phenoxy) is 1. The molecule has 0 aliphatic carbocycles. The summed E-state index contributed by atoms with van der Waals surface area (Å²) in [6, 6.07) is 0.0385. The van der Waals surface area contributed by atoms with Crippen LogP contribution < -0.4 is 0 Å². The Morgan fingerprint density at radius 1 is 1.41 bits per heavy atom. The fourth-order valence-electron chi connectivity index (χ4n) is 1.53. The van der Waals surface area contributed by atoms with E-state index in [0.29, 0.717) is 6.61 Å². The van der Waals surface area contributed by atoms with Crippen molar-refractivity contribution in [2.45, 2.75) is 58.0 Å². The van der Waals surface area contributed by atoms with Gasteiger partial charge in [-0.1, -0.05) is 20.8 Å². The first-order chi connectivity index (χ1) is 7.56. The highest BCUT2D eigenvalue weighted by Gasteiger charge is 2.41. The van der Waals surface area contributed by atoms with Crippen molar-refractivity contribution in [1.82, 2.24) is 4.90 Å². The predicted molar refractivity (Wildman–Crippen MR) is 70.6 cm³/mol. The summed E-state index contributed by atoms with van der Waals surface area (Å²) < 4.78 is 11.3.